The Morgan fingerprint density at radius 2 is 1.75 bits per heavy atom. The summed E-state index contributed by atoms with van der Waals surface area (Å²) in [4.78, 5) is 37.0. The topological polar surface area (TPSA) is 72.5 Å². The molecule has 1 saturated carbocycles. The zero-order valence-electron chi connectivity index (χ0n) is 15.7. The van der Waals surface area contributed by atoms with Crippen molar-refractivity contribution in [3.63, 3.8) is 0 Å². The van der Waals surface area contributed by atoms with E-state index in [2.05, 4.69) is 5.32 Å². The number of carbonyl (C=O) groups excluding carboxylic acids is 3. The fourth-order valence-electron chi connectivity index (χ4n) is 4.26. The van der Waals surface area contributed by atoms with Crippen molar-refractivity contribution in [1.29, 1.82) is 0 Å². The van der Waals surface area contributed by atoms with Gasteiger partial charge in [-0.1, -0.05) is 43.2 Å². The van der Waals surface area contributed by atoms with Crippen molar-refractivity contribution in [2.75, 3.05) is 11.9 Å². The molecule has 0 unspecified atom stereocenters. The number of hydrogen-bond acceptors (Lipinski definition) is 4. The number of carbonyl (C=O) groups is 3. The molecule has 0 bridgehead atoms. The zero-order valence-corrected chi connectivity index (χ0v) is 15.7. The van der Waals surface area contributed by atoms with Gasteiger partial charge in [-0.15, -0.1) is 0 Å². The molecule has 0 saturated heterocycles. The molecule has 2 aromatic rings. The second kappa shape index (κ2) is 7.58. The van der Waals surface area contributed by atoms with Gasteiger partial charge in [0.2, 0.25) is 5.91 Å². The first kappa shape index (κ1) is 18.4. The van der Waals surface area contributed by atoms with E-state index in [1.54, 1.807) is 18.2 Å². The monoisotopic (exact) mass is 377 g/mol. The van der Waals surface area contributed by atoms with Crippen LogP contribution in [0.3, 0.4) is 0 Å². The van der Waals surface area contributed by atoms with Gasteiger partial charge in [0.25, 0.3) is 0 Å². The molecule has 2 aromatic carbocycles. The maximum absolute atomic E-state index is 13.0. The number of ether oxygens (including phenoxy) is 1. The number of anilines is 1. The number of esters is 1. The summed E-state index contributed by atoms with van der Waals surface area (Å²) < 4.78 is 5.50. The maximum atomic E-state index is 13.0. The molecule has 144 valence electrons. The van der Waals surface area contributed by atoms with E-state index in [0.717, 1.165) is 42.5 Å². The molecule has 1 amide bonds. The van der Waals surface area contributed by atoms with Gasteiger partial charge in [0.05, 0.1) is 5.41 Å². The van der Waals surface area contributed by atoms with E-state index in [0.29, 0.717) is 18.4 Å². The number of rotatable bonds is 5. The summed E-state index contributed by atoms with van der Waals surface area (Å²) in [6.45, 7) is -0.265. The molecule has 0 spiro atoms. The number of aryl methyl sites for hydroxylation is 1. The lowest BCUT2D eigenvalue weighted by Crippen LogP contribution is -2.35. The molecular formula is C23H23NO4. The highest BCUT2D eigenvalue weighted by molar-refractivity contribution is 6.00. The average molecular weight is 377 g/mol. The minimum atomic E-state index is -0.637. The van der Waals surface area contributed by atoms with Crippen LogP contribution >= 0.6 is 0 Å². The smallest absolute Gasteiger partial charge is 0.317 e. The fourth-order valence-corrected chi connectivity index (χ4v) is 4.26. The van der Waals surface area contributed by atoms with Crippen LogP contribution in [0.5, 0.6) is 0 Å². The molecule has 4 rings (SSSR count). The minimum absolute atomic E-state index is 0.0109. The van der Waals surface area contributed by atoms with Gasteiger partial charge in [0.15, 0.2) is 12.4 Å². The van der Waals surface area contributed by atoms with Crippen LogP contribution in [0.4, 0.5) is 5.69 Å². The summed E-state index contributed by atoms with van der Waals surface area (Å²) in [6.07, 6.45) is 4.49. The Morgan fingerprint density at radius 1 is 1.00 bits per heavy atom. The molecule has 1 N–H and O–H groups in total. The third-order valence-electron chi connectivity index (χ3n) is 5.83. The number of nitrogens with one attached hydrogen (secondary N) is 1. The lowest BCUT2D eigenvalue weighted by Gasteiger charge is -2.27. The van der Waals surface area contributed by atoms with Gasteiger partial charge in [0.1, 0.15) is 0 Å². The lowest BCUT2D eigenvalue weighted by molar-refractivity contribution is -0.149. The Labute approximate surface area is 164 Å². The van der Waals surface area contributed by atoms with E-state index in [-0.39, 0.29) is 24.3 Å². The zero-order chi connectivity index (χ0) is 19.6. The minimum Gasteiger partial charge on any atom is -0.457 e. The summed E-state index contributed by atoms with van der Waals surface area (Å²) in [5.74, 6) is -0.549. The van der Waals surface area contributed by atoms with E-state index in [1.165, 1.54) is 0 Å². The quantitative estimate of drug-likeness (QED) is 0.635. The first-order chi connectivity index (χ1) is 13.6. The standard InChI is InChI=1S/C23H23NO4/c25-20(17-8-10-19-16(14-17)9-11-21(26)24-19)15-28-22(27)23(12-4-5-13-23)18-6-2-1-3-7-18/h1-3,6-8,10,14H,4-5,9,11-13,15H2,(H,24,26). The number of benzene rings is 2. The predicted molar refractivity (Wildman–Crippen MR) is 105 cm³/mol. The summed E-state index contributed by atoms with van der Waals surface area (Å²) >= 11 is 0. The van der Waals surface area contributed by atoms with Crippen molar-refractivity contribution in [3.8, 4) is 0 Å². The van der Waals surface area contributed by atoms with Gasteiger partial charge in [-0.2, -0.15) is 0 Å². The summed E-state index contributed by atoms with van der Waals surface area (Å²) in [6, 6.07) is 14.9. The Kier molecular flexibility index (Phi) is 4.99. The third kappa shape index (κ3) is 3.44. The number of hydrogen-bond donors (Lipinski definition) is 1. The van der Waals surface area contributed by atoms with E-state index < -0.39 is 5.41 Å². The Bertz CT molecular complexity index is 913. The van der Waals surface area contributed by atoms with Crippen LogP contribution in [0, 0.1) is 0 Å². The Hall–Kier alpha value is -2.95. The SMILES string of the molecule is O=C1CCc2cc(C(=O)COC(=O)C3(c4ccccc4)CCCC3)ccc2N1. The lowest BCUT2D eigenvalue weighted by atomic mass is 9.79. The molecule has 1 fully saturated rings. The predicted octanol–water partition coefficient (Wildman–Crippen LogP) is 3.81. The molecule has 0 radical (unpaired) electrons. The van der Waals surface area contributed by atoms with Crippen LogP contribution in [0.1, 0.15) is 53.6 Å². The summed E-state index contributed by atoms with van der Waals surface area (Å²) in [5.41, 5.74) is 2.52. The van der Waals surface area contributed by atoms with Gasteiger partial charge < -0.3 is 10.1 Å². The van der Waals surface area contributed by atoms with Gasteiger partial charge in [-0.05, 0) is 48.6 Å². The highest BCUT2D eigenvalue weighted by Gasteiger charge is 2.44. The van der Waals surface area contributed by atoms with E-state index >= 15 is 0 Å². The van der Waals surface area contributed by atoms with Crippen molar-refractivity contribution in [2.24, 2.45) is 0 Å². The van der Waals surface area contributed by atoms with E-state index in [1.807, 2.05) is 30.3 Å². The fraction of sp³-hybridized carbons (Fsp3) is 0.348. The number of Topliss-reactive ketones (excluding diaryl/α,β-unsaturated/α-hetero) is 1. The molecular weight excluding hydrogens is 354 g/mol. The van der Waals surface area contributed by atoms with Gasteiger partial charge in [-0.3, -0.25) is 14.4 Å². The molecule has 1 aliphatic carbocycles. The van der Waals surface area contributed by atoms with E-state index in [4.69, 9.17) is 4.74 Å². The second-order valence-corrected chi connectivity index (χ2v) is 7.57. The first-order valence-corrected chi connectivity index (χ1v) is 9.77. The molecule has 2 aliphatic rings. The van der Waals surface area contributed by atoms with Crippen LogP contribution in [-0.2, 0) is 26.2 Å². The third-order valence-corrected chi connectivity index (χ3v) is 5.83. The van der Waals surface area contributed by atoms with Gasteiger partial charge >= 0.3 is 5.97 Å². The molecule has 28 heavy (non-hydrogen) atoms. The Morgan fingerprint density at radius 3 is 2.50 bits per heavy atom. The van der Waals surface area contributed by atoms with Crippen molar-refractivity contribution in [1.82, 2.24) is 0 Å². The van der Waals surface area contributed by atoms with Crippen molar-refractivity contribution in [3.05, 3.63) is 65.2 Å². The van der Waals surface area contributed by atoms with E-state index in [9.17, 15) is 14.4 Å². The molecule has 0 aromatic heterocycles. The second-order valence-electron chi connectivity index (χ2n) is 7.57. The van der Waals surface area contributed by atoms with Gasteiger partial charge in [-0.25, -0.2) is 0 Å². The highest BCUT2D eigenvalue weighted by atomic mass is 16.5. The van der Waals surface area contributed by atoms with Crippen LogP contribution in [0.25, 0.3) is 0 Å². The van der Waals surface area contributed by atoms with Crippen LogP contribution in [0.15, 0.2) is 48.5 Å². The highest BCUT2D eigenvalue weighted by Crippen LogP contribution is 2.42. The van der Waals surface area contributed by atoms with Crippen molar-refractivity contribution in [2.45, 2.75) is 43.9 Å². The first-order valence-electron chi connectivity index (χ1n) is 9.77. The number of amides is 1. The molecule has 1 aliphatic heterocycles. The number of ketones is 1. The molecule has 1 heterocycles. The number of fused-ring (bicyclic) bond motifs is 1. The Balaban J connectivity index is 1.46. The van der Waals surface area contributed by atoms with Crippen LogP contribution in [-0.4, -0.2) is 24.3 Å². The average Bonchev–Trinajstić information content (AvgIpc) is 3.23. The molecule has 5 heteroatoms. The normalized spacial score (nSPS) is 17.5. The summed E-state index contributed by atoms with van der Waals surface area (Å²) in [5, 5.41) is 2.80. The van der Waals surface area contributed by atoms with Gasteiger partial charge in [0, 0.05) is 17.7 Å². The maximum Gasteiger partial charge on any atom is 0.317 e. The largest absolute Gasteiger partial charge is 0.457 e. The van der Waals surface area contributed by atoms with Crippen LogP contribution in [0.2, 0.25) is 0 Å². The van der Waals surface area contributed by atoms with Crippen molar-refractivity contribution >= 4 is 23.3 Å². The van der Waals surface area contributed by atoms with Crippen LogP contribution < -0.4 is 5.32 Å². The van der Waals surface area contributed by atoms with Crippen molar-refractivity contribution < 1.29 is 19.1 Å². The molecule has 0 atom stereocenters. The summed E-state index contributed by atoms with van der Waals surface area (Å²) in [7, 11) is 0. The molecule has 5 nitrogen and oxygen atoms in total.